The number of carbonyl (C=O) groups is 1. The molecule has 0 aliphatic carbocycles. The first-order chi connectivity index (χ1) is 11.8. The second kappa shape index (κ2) is 8.62. The molecule has 0 aromatic heterocycles. The van der Waals surface area contributed by atoms with Crippen LogP contribution in [0.15, 0.2) is 60.7 Å². The Hall–Kier alpha value is -2.17. The molecule has 1 heterocycles. The van der Waals surface area contributed by atoms with E-state index in [4.69, 9.17) is 14.2 Å². The summed E-state index contributed by atoms with van der Waals surface area (Å²) in [6.45, 7) is 1.40. The SMILES string of the molecule is O=C1CC[C@@H]([C@@H](COCc2ccccc2)OCc2ccccc2)O1. The van der Waals surface area contributed by atoms with Crippen LogP contribution in [-0.4, -0.2) is 24.8 Å². The molecule has 24 heavy (non-hydrogen) atoms. The highest BCUT2D eigenvalue weighted by molar-refractivity contribution is 5.71. The zero-order chi connectivity index (χ0) is 16.6. The topological polar surface area (TPSA) is 44.8 Å². The average Bonchev–Trinajstić information content (AvgIpc) is 3.06. The Bertz CT molecular complexity index is 627. The van der Waals surface area contributed by atoms with E-state index in [-0.39, 0.29) is 18.2 Å². The Morgan fingerprint density at radius 3 is 2.17 bits per heavy atom. The van der Waals surface area contributed by atoms with Gasteiger partial charge in [0.05, 0.1) is 19.8 Å². The summed E-state index contributed by atoms with van der Waals surface area (Å²) in [6, 6.07) is 20.0. The summed E-state index contributed by atoms with van der Waals surface area (Å²) in [7, 11) is 0. The van der Waals surface area contributed by atoms with Crippen LogP contribution in [0.2, 0.25) is 0 Å². The van der Waals surface area contributed by atoms with Gasteiger partial charge < -0.3 is 14.2 Å². The Labute approximate surface area is 142 Å². The number of benzene rings is 2. The smallest absolute Gasteiger partial charge is 0.306 e. The van der Waals surface area contributed by atoms with Crippen molar-refractivity contribution in [2.45, 2.75) is 38.3 Å². The molecule has 1 saturated heterocycles. The van der Waals surface area contributed by atoms with Crippen molar-refractivity contribution < 1.29 is 19.0 Å². The van der Waals surface area contributed by atoms with Gasteiger partial charge in [0.25, 0.3) is 0 Å². The number of esters is 1. The van der Waals surface area contributed by atoms with Crippen LogP contribution in [0.1, 0.15) is 24.0 Å². The molecule has 1 aliphatic rings. The predicted octanol–water partition coefficient (Wildman–Crippen LogP) is 3.49. The van der Waals surface area contributed by atoms with Crippen molar-refractivity contribution in [2.24, 2.45) is 0 Å². The van der Waals surface area contributed by atoms with E-state index >= 15 is 0 Å². The van der Waals surface area contributed by atoms with Crippen molar-refractivity contribution in [3.8, 4) is 0 Å². The summed E-state index contributed by atoms with van der Waals surface area (Å²) < 4.78 is 17.2. The quantitative estimate of drug-likeness (QED) is 0.697. The fourth-order valence-electron chi connectivity index (χ4n) is 2.72. The molecule has 0 spiro atoms. The minimum atomic E-state index is -0.250. The van der Waals surface area contributed by atoms with E-state index in [0.717, 1.165) is 11.1 Å². The number of hydrogen-bond acceptors (Lipinski definition) is 4. The van der Waals surface area contributed by atoms with Crippen molar-refractivity contribution in [3.05, 3.63) is 71.8 Å². The Kier molecular flexibility index (Phi) is 5.99. The minimum absolute atomic E-state index is 0.156. The molecule has 126 valence electrons. The number of carbonyl (C=O) groups excluding carboxylic acids is 1. The van der Waals surface area contributed by atoms with Gasteiger partial charge in [0.15, 0.2) is 0 Å². The summed E-state index contributed by atoms with van der Waals surface area (Å²) in [6.07, 6.45) is 0.666. The van der Waals surface area contributed by atoms with E-state index in [0.29, 0.717) is 32.7 Å². The van der Waals surface area contributed by atoms with Crippen molar-refractivity contribution in [3.63, 3.8) is 0 Å². The van der Waals surface area contributed by atoms with Gasteiger partial charge in [-0.2, -0.15) is 0 Å². The van der Waals surface area contributed by atoms with Gasteiger partial charge in [0.1, 0.15) is 12.2 Å². The molecule has 4 nitrogen and oxygen atoms in total. The Morgan fingerprint density at radius 1 is 0.958 bits per heavy atom. The second-order valence-corrected chi connectivity index (χ2v) is 5.90. The molecule has 2 atom stereocenters. The summed E-state index contributed by atoms with van der Waals surface area (Å²) >= 11 is 0. The molecule has 0 unspecified atom stereocenters. The number of hydrogen-bond donors (Lipinski definition) is 0. The lowest BCUT2D eigenvalue weighted by molar-refractivity contribution is -0.151. The van der Waals surface area contributed by atoms with Crippen LogP contribution >= 0.6 is 0 Å². The maximum absolute atomic E-state index is 11.4. The molecule has 1 aliphatic heterocycles. The maximum atomic E-state index is 11.4. The first-order valence-electron chi connectivity index (χ1n) is 8.28. The Morgan fingerprint density at radius 2 is 1.58 bits per heavy atom. The van der Waals surface area contributed by atoms with Crippen molar-refractivity contribution >= 4 is 5.97 Å². The average molecular weight is 326 g/mol. The summed E-state index contributed by atoms with van der Waals surface area (Å²) in [5.74, 6) is -0.156. The molecular weight excluding hydrogens is 304 g/mol. The van der Waals surface area contributed by atoms with Crippen molar-refractivity contribution in [2.75, 3.05) is 6.61 Å². The van der Waals surface area contributed by atoms with Gasteiger partial charge in [0, 0.05) is 6.42 Å². The van der Waals surface area contributed by atoms with Crippen LogP contribution in [0.25, 0.3) is 0 Å². The van der Waals surface area contributed by atoms with Crippen LogP contribution in [-0.2, 0) is 32.2 Å². The second-order valence-electron chi connectivity index (χ2n) is 5.90. The molecule has 0 bridgehead atoms. The number of cyclic esters (lactones) is 1. The summed E-state index contributed by atoms with van der Waals surface area (Å²) in [5.41, 5.74) is 2.21. The third-order valence-electron chi connectivity index (χ3n) is 4.03. The van der Waals surface area contributed by atoms with Crippen LogP contribution in [0.5, 0.6) is 0 Å². The van der Waals surface area contributed by atoms with Gasteiger partial charge in [-0.05, 0) is 17.5 Å². The molecule has 1 fully saturated rings. The summed E-state index contributed by atoms with van der Waals surface area (Å²) in [4.78, 5) is 11.4. The van der Waals surface area contributed by atoms with Crippen molar-refractivity contribution in [1.82, 2.24) is 0 Å². The monoisotopic (exact) mass is 326 g/mol. The highest BCUT2D eigenvalue weighted by Crippen LogP contribution is 2.21. The zero-order valence-electron chi connectivity index (χ0n) is 13.6. The van der Waals surface area contributed by atoms with Gasteiger partial charge in [-0.25, -0.2) is 0 Å². The van der Waals surface area contributed by atoms with Crippen LogP contribution in [0, 0.1) is 0 Å². The van der Waals surface area contributed by atoms with Crippen molar-refractivity contribution in [1.29, 1.82) is 0 Å². The van der Waals surface area contributed by atoms with Gasteiger partial charge in [-0.15, -0.1) is 0 Å². The molecule has 0 amide bonds. The lowest BCUT2D eigenvalue weighted by Crippen LogP contribution is -2.33. The fourth-order valence-corrected chi connectivity index (χ4v) is 2.72. The van der Waals surface area contributed by atoms with Crippen LogP contribution in [0.3, 0.4) is 0 Å². The third-order valence-corrected chi connectivity index (χ3v) is 4.03. The Balaban J connectivity index is 1.54. The van der Waals surface area contributed by atoms with Gasteiger partial charge in [-0.1, -0.05) is 60.7 Å². The fraction of sp³-hybridized carbons (Fsp3) is 0.350. The highest BCUT2D eigenvalue weighted by Gasteiger charge is 2.32. The lowest BCUT2D eigenvalue weighted by Gasteiger charge is -2.23. The molecule has 4 heteroatoms. The molecule has 2 aromatic carbocycles. The van der Waals surface area contributed by atoms with Gasteiger partial charge in [-0.3, -0.25) is 4.79 Å². The van der Waals surface area contributed by atoms with Gasteiger partial charge >= 0.3 is 5.97 Å². The highest BCUT2D eigenvalue weighted by atomic mass is 16.6. The van der Waals surface area contributed by atoms with E-state index in [1.54, 1.807) is 0 Å². The molecular formula is C20H22O4. The zero-order valence-corrected chi connectivity index (χ0v) is 13.6. The summed E-state index contributed by atoms with van der Waals surface area (Å²) in [5, 5.41) is 0. The maximum Gasteiger partial charge on any atom is 0.306 e. The lowest BCUT2D eigenvalue weighted by atomic mass is 10.1. The molecule has 3 rings (SSSR count). The predicted molar refractivity (Wildman–Crippen MR) is 90.2 cm³/mol. The number of rotatable bonds is 8. The molecule has 0 N–H and O–H groups in total. The van der Waals surface area contributed by atoms with Crippen LogP contribution < -0.4 is 0 Å². The van der Waals surface area contributed by atoms with E-state index in [9.17, 15) is 4.79 Å². The largest absolute Gasteiger partial charge is 0.459 e. The normalized spacial score (nSPS) is 18.3. The molecule has 0 radical (unpaired) electrons. The minimum Gasteiger partial charge on any atom is -0.459 e. The number of ether oxygens (including phenoxy) is 3. The van der Waals surface area contributed by atoms with E-state index < -0.39 is 0 Å². The third kappa shape index (κ3) is 4.91. The molecule has 0 saturated carbocycles. The van der Waals surface area contributed by atoms with Crippen LogP contribution in [0.4, 0.5) is 0 Å². The first-order valence-corrected chi connectivity index (χ1v) is 8.28. The van der Waals surface area contributed by atoms with E-state index in [1.165, 1.54) is 0 Å². The first kappa shape index (κ1) is 16.7. The van der Waals surface area contributed by atoms with Gasteiger partial charge in [0.2, 0.25) is 0 Å². The van der Waals surface area contributed by atoms with E-state index in [2.05, 4.69) is 0 Å². The van der Waals surface area contributed by atoms with E-state index in [1.807, 2.05) is 60.7 Å². The molecule has 2 aromatic rings. The standard InChI is InChI=1S/C20H22O4/c21-20-12-11-18(24-20)19(23-14-17-9-5-2-6-10-17)15-22-13-16-7-3-1-4-8-16/h1-10,18-19H,11-15H2/t18-,19+/m0/s1.